The number of carbonyl (C=O) groups is 1. The van der Waals surface area contributed by atoms with Crippen molar-refractivity contribution in [3.05, 3.63) is 100 Å². The van der Waals surface area contributed by atoms with E-state index in [0.29, 0.717) is 49.2 Å². The van der Waals surface area contributed by atoms with E-state index in [1.165, 1.54) is 28.9 Å². The number of aromatic amines is 1. The molecule has 1 amide bonds. The van der Waals surface area contributed by atoms with Gasteiger partial charge in [-0.25, -0.2) is 0 Å². The first kappa shape index (κ1) is 36.5. The predicted octanol–water partition coefficient (Wildman–Crippen LogP) is 3.23. The SMILES string of the molecule is CN(CCNCC(O)c1ccc(O)c2[nH]c(=O)ccc12)C(=O)CCOCCc1cccc(CN2CCC3(CC2)CN(c2cccnc2)CCO3)c1. The zero-order valence-electron chi connectivity index (χ0n) is 29.4. The lowest BCUT2D eigenvalue weighted by Gasteiger charge is -2.48. The number of rotatable bonds is 15. The van der Waals surface area contributed by atoms with E-state index in [2.05, 4.69) is 55.4 Å². The lowest BCUT2D eigenvalue weighted by molar-refractivity contribution is -0.131. The van der Waals surface area contributed by atoms with Crippen LogP contribution in [0.15, 0.2) is 77.9 Å². The molecule has 4 aromatic rings. The van der Waals surface area contributed by atoms with Gasteiger partial charge in [-0.15, -0.1) is 0 Å². The maximum Gasteiger partial charge on any atom is 0.248 e. The van der Waals surface area contributed by atoms with Gasteiger partial charge in [0.25, 0.3) is 0 Å². The summed E-state index contributed by atoms with van der Waals surface area (Å²) in [7, 11) is 1.76. The van der Waals surface area contributed by atoms with Crippen LogP contribution in [-0.4, -0.2) is 114 Å². The van der Waals surface area contributed by atoms with Crippen molar-refractivity contribution in [2.75, 3.05) is 77.6 Å². The van der Waals surface area contributed by atoms with Crippen LogP contribution in [-0.2, 0) is 27.2 Å². The van der Waals surface area contributed by atoms with Crippen LogP contribution in [0, 0.1) is 0 Å². The zero-order chi connectivity index (χ0) is 35.6. The fourth-order valence-electron chi connectivity index (χ4n) is 7.08. The van der Waals surface area contributed by atoms with Crippen molar-refractivity contribution >= 4 is 22.5 Å². The molecule has 1 unspecified atom stereocenters. The first-order valence-corrected chi connectivity index (χ1v) is 17.9. The van der Waals surface area contributed by atoms with E-state index in [4.69, 9.17) is 9.47 Å². The Morgan fingerprint density at radius 1 is 1.10 bits per heavy atom. The Morgan fingerprint density at radius 3 is 2.76 bits per heavy atom. The van der Waals surface area contributed by atoms with Gasteiger partial charge in [0.1, 0.15) is 5.75 Å². The number of morpholine rings is 1. The molecule has 12 heteroatoms. The molecule has 0 bridgehead atoms. The van der Waals surface area contributed by atoms with E-state index < -0.39 is 6.10 Å². The monoisotopic (exact) mass is 698 g/mol. The summed E-state index contributed by atoms with van der Waals surface area (Å²) in [6.07, 6.45) is 6.04. The first-order chi connectivity index (χ1) is 24.8. The molecule has 1 spiro atoms. The molecule has 0 radical (unpaired) electrons. The van der Waals surface area contributed by atoms with Crippen molar-refractivity contribution in [1.29, 1.82) is 0 Å². The standard InChI is InChI=1S/C39H50N6O6/c1-43(19-16-41-26-35(47)32-7-9-34(46)38-33(32)8-10-36(48)42-38)37(49)12-22-50-21-11-29-4-2-5-30(24-29)27-44-17-13-39(14-18-44)28-45(20-23-51-39)31-6-3-15-40-25-31/h2-10,15,24-25,35,41,46-47H,11-14,16-23,26-28H2,1H3,(H,42,48). The van der Waals surface area contributed by atoms with Crippen molar-refractivity contribution in [3.8, 4) is 5.75 Å². The third-order valence-corrected chi connectivity index (χ3v) is 10.1. The topological polar surface area (TPSA) is 143 Å². The van der Waals surface area contributed by atoms with Gasteiger partial charge in [-0.1, -0.05) is 30.3 Å². The minimum atomic E-state index is -0.853. The molecule has 272 valence electrons. The molecule has 2 aliphatic heterocycles. The number of amides is 1. The number of nitrogens with zero attached hydrogens (tertiary/aromatic N) is 4. The van der Waals surface area contributed by atoms with E-state index >= 15 is 0 Å². The number of aliphatic hydroxyl groups excluding tert-OH is 1. The van der Waals surface area contributed by atoms with Crippen molar-refractivity contribution < 1.29 is 24.5 Å². The molecular weight excluding hydrogens is 648 g/mol. The highest BCUT2D eigenvalue weighted by molar-refractivity contribution is 5.87. The first-order valence-electron chi connectivity index (χ1n) is 17.9. The highest BCUT2D eigenvalue weighted by Gasteiger charge is 2.39. The number of anilines is 1. The van der Waals surface area contributed by atoms with E-state index in [0.717, 1.165) is 58.6 Å². The molecule has 51 heavy (non-hydrogen) atoms. The summed E-state index contributed by atoms with van der Waals surface area (Å²) in [6.45, 7) is 7.66. The molecule has 1 atom stereocenters. The lowest BCUT2D eigenvalue weighted by Crippen LogP contribution is -2.56. The van der Waals surface area contributed by atoms with Crippen LogP contribution in [0.2, 0.25) is 0 Å². The molecule has 4 heterocycles. The van der Waals surface area contributed by atoms with Crippen LogP contribution in [0.25, 0.3) is 10.9 Å². The number of nitrogens with one attached hydrogen (secondary N) is 2. The second-order valence-electron chi connectivity index (χ2n) is 13.7. The van der Waals surface area contributed by atoms with Crippen molar-refractivity contribution in [2.45, 2.75) is 43.9 Å². The second kappa shape index (κ2) is 17.3. The van der Waals surface area contributed by atoms with Gasteiger partial charge >= 0.3 is 0 Å². The van der Waals surface area contributed by atoms with Crippen LogP contribution in [0.4, 0.5) is 5.69 Å². The third kappa shape index (κ3) is 9.72. The average molecular weight is 699 g/mol. The fraction of sp³-hybridized carbons (Fsp3) is 0.462. The summed E-state index contributed by atoms with van der Waals surface area (Å²) >= 11 is 0. The number of pyridine rings is 2. The minimum absolute atomic E-state index is 0.000417. The number of carbonyl (C=O) groups excluding carboxylic acids is 1. The lowest BCUT2D eigenvalue weighted by atomic mass is 9.89. The van der Waals surface area contributed by atoms with Crippen molar-refractivity contribution in [2.24, 2.45) is 0 Å². The van der Waals surface area contributed by atoms with Crippen LogP contribution in [0.1, 0.15) is 42.1 Å². The number of ether oxygens (including phenoxy) is 2. The largest absolute Gasteiger partial charge is 0.506 e. The maximum absolute atomic E-state index is 12.6. The Bertz CT molecular complexity index is 1790. The molecule has 12 nitrogen and oxygen atoms in total. The Balaban J connectivity index is 0.849. The highest BCUT2D eigenvalue weighted by atomic mass is 16.5. The van der Waals surface area contributed by atoms with Gasteiger partial charge in [-0.2, -0.15) is 0 Å². The van der Waals surface area contributed by atoms with Crippen LogP contribution >= 0.6 is 0 Å². The molecule has 2 aromatic heterocycles. The molecule has 2 fully saturated rings. The number of fused-ring (bicyclic) bond motifs is 1. The van der Waals surface area contributed by atoms with Crippen LogP contribution < -0.4 is 15.8 Å². The maximum atomic E-state index is 12.6. The minimum Gasteiger partial charge on any atom is -0.506 e. The van der Waals surface area contributed by atoms with E-state index in [-0.39, 0.29) is 29.4 Å². The fourth-order valence-corrected chi connectivity index (χ4v) is 7.08. The summed E-state index contributed by atoms with van der Waals surface area (Å²) in [5.74, 6) is -0.0492. The van der Waals surface area contributed by atoms with Gasteiger partial charge in [0.2, 0.25) is 11.5 Å². The summed E-state index contributed by atoms with van der Waals surface area (Å²) in [6, 6.07) is 18.9. The number of aromatic hydroxyl groups is 1. The van der Waals surface area contributed by atoms with Crippen LogP contribution in [0.3, 0.4) is 0 Å². The van der Waals surface area contributed by atoms with Gasteiger partial charge in [0.15, 0.2) is 0 Å². The molecule has 4 N–H and O–H groups in total. The van der Waals surface area contributed by atoms with Gasteiger partial charge < -0.3 is 39.8 Å². The smallest absolute Gasteiger partial charge is 0.248 e. The number of aromatic nitrogens is 2. The molecule has 2 aliphatic rings. The predicted molar refractivity (Wildman–Crippen MR) is 197 cm³/mol. The molecule has 2 saturated heterocycles. The number of likely N-dealkylation sites (N-methyl/N-ethyl adjacent to an activating group) is 1. The number of phenolic OH excluding ortho intramolecular Hbond substituents is 1. The Kier molecular flexibility index (Phi) is 12.3. The van der Waals surface area contributed by atoms with Crippen molar-refractivity contribution in [3.63, 3.8) is 0 Å². The number of H-pyrrole nitrogens is 1. The summed E-state index contributed by atoms with van der Waals surface area (Å²) in [4.78, 5) is 37.8. The Labute approximate surface area is 299 Å². The number of aliphatic hydroxyl groups is 1. The number of hydrogen-bond donors (Lipinski definition) is 4. The highest BCUT2D eigenvalue weighted by Crippen LogP contribution is 2.33. The van der Waals surface area contributed by atoms with Crippen LogP contribution in [0.5, 0.6) is 5.75 Å². The molecule has 2 aromatic carbocycles. The van der Waals surface area contributed by atoms with Gasteiger partial charge in [-0.05, 0) is 60.2 Å². The molecule has 0 aliphatic carbocycles. The third-order valence-electron chi connectivity index (χ3n) is 10.1. The average Bonchev–Trinajstić information content (AvgIpc) is 3.15. The Morgan fingerprint density at radius 2 is 1.94 bits per heavy atom. The molecule has 6 rings (SSSR count). The van der Waals surface area contributed by atoms with Crippen molar-refractivity contribution in [1.82, 2.24) is 25.1 Å². The molecule has 0 saturated carbocycles. The van der Waals surface area contributed by atoms with E-state index in [1.54, 1.807) is 24.1 Å². The summed E-state index contributed by atoms with van der Waals surface area (Å²) in [5.41, 5.74) is 4.19. The van der Waals surface area contributed by atoms with Gasteiger partial charge in [0.05, 0.1) is 55.3 Å². The Hall–Kier alpha value is -4.33. The quantitative estimate of drug-likeness (QED) is 0.137. The number of phenols is 1. The summed E-state index contributed by atoms with van der Waals surface area (Å²) < 4.78 is 12.2. The molecular formula is C39H50N6O6. The van der Waals surface area contributed by atoms with E-state index in [9.17, 15) is 19.8 Å². The summed E-state index contributed by atoms with van der Waals surface area (Å²) in [5, 5.41) is 24.6. The van der Waals surface area contributed by atoms with Gasteiger partial charge in [0, 0.05) is 77.1 Å². The zero-order valence-corrected chi connectivity index (χ0v) is 29.4. The van der Waals surface area contributed by atoms with Gasteiger partial charge in [-0.3, -0.25) is 19.5 Å². The van der Waals surface area contributed by atoms with E-state index in [1.807, 2.05) is 18.5 Å². The second-order valence-corrected chi connectivity index (χ2v) is 13.7. The number of piperidine rings is 1. The number of benzene rings is 2. The number of hydrogen-bond acceptors (Lipinski definition) is 10. The number of likely N-dealkylation sites (tertiary alicyclic amines) is 1. The normalized spacial score (nSPS) is 16.8.